The van der Waals surface area contributed by atoms with E-state index < -0.39 is 0 Å². The maximum absolute atomic E-state index is 12.4. The van der Waals surface area contributed by atoms with Gasteiger partial charge in [-0.25, -0.2) is 4.98 Å². The number of methoxy groups -OCH3 is 2. The number of nitrogens with zero attached hydrogens (tertiary/aromatic N) is 1. The van der Waals surface area contributed by atoms with Gasteiger partial charge in [0.15, 0.2) is 11.5 Å². The standard InChI is InChI=1S/C23H31N3O3/c1-28-20-11-9-17(15-21(20)29-2)13-14-24-23(27)18-10-12-22(25-16-18)26-19-7-5-3-4-6-8-19/h9-12,15-16,19H,3-8,13-14H2,1-2H3,(H,24,27)(H,25,26). The minimum absolute atomic E-state index is 0.112. The van der Waals surface area contributed by atoms with Crippen molar-refractivity contribution in [3.05, 3.63) is 47.7 Å². The molecule has 0 saturated heterocycles. The Kier molecular flexibility index (Phi) is 7.73. The van der Waals surface area contributed by atoms with E-state index in [0.29, 0.717) is 36.1 Å². The van der Waals surface area contributed by atoms with Crippen molar-refractivity contribution >= 4 is 11.7 Å². The molecule has 1 aromatic carbocycles. The van der Waals surface area contributed by atoms with Crippen LogP contribution < -0.4 is 20.1 Å². The Bertz CT molecular complexity index is 784. The van der Waals surface area contributed by atoms with E-state index in [1.807, 2.05) is 30.3 Å². The second-order valence-corrected chi connectivity index (χ2v) is 7.46. The van der Waals surface area contributed by atoms with Gasteiger partial charge >= 0.3 is 0 Å². The van der Waals surface area contributed by atoms with Crippen LogP contribution in [0.25, 0.3) is 0 Å². The number of pyridine rings is 1. The molecule has 0 unspecified atom stereocenters. The first-order valence-electron chi connectivity index (χ1n) is 10.4. The number of carbonyl (C=O) groups is 1. The average Bonchev–Trinajstić information content (AvgIpc) is 3.02. The summed E-state index contributed by atoms with van der Waals surface area (Å²) in [6.07, 6.45) is 9.95. The number of hydrogen-bond acceptors (Lipinski definition) is 5. The van der Waals surface area contributed by atoms with Gasteiger partial charge in [-0.15, -0.1) is 0 Å². The fourth-order valence-corrected chi connectivity index (χ4v) is 3.70. The van der Waals surface area contributed by atoms with Crippen molar-refractivity contribution in [3.63, 3.8) is 0 Å². The number of benzene rings is 1. The third-order valence-corrected chi connectivity index (χ3v) is 5.38. The molecule has 0 aliphatic heterocycles. The van der Waals surface area contributed by atoms with Crippen LogP contribution in [0.4, 0.5) is 5.82 Å². The third-order valence-electron chi connectivity index (χ3n) is 5.38. The van der Waals surface area contributed by atoms with Gasteiger partial charge in [0.2, 0.25) is 0 Å². The van der Waals surface area contributed by atoms with E-state index in [0.717, 1.165) is 11.4 Å². The van der Waals surface area contributed by atoms with E-state index in [-0.39, 0.29) is 5.91 Å². The monoisotopic (exact) mass is 397 g/mol. The smallest absolute Gasteiger partial charge is 0.252 e. The number of ether oxygens (including phenoxy) is 2. The van der Waals surface area contributed by atoms with E-state index in [2.05, 4.69) is 15.6 Å². The van der Waals surface area contributed by atoms with Crippen molar-refractivity contribution in [2.75, 3.05) is 26.1 Å². The first-order chi connectivity index (χ1) is 14.2. The second kappa shape index (κ2) is 10.7. The van der Waals surface area contributed by atoms with Crippen LogP contribution in [0.5, 0.6) is 11.5 Å². The van der Waals surface area contributed by atoms with Crippen molar-refractivity contribution < 1.29 is 14.3 Å². The molecule has 6 nitrogen and oxygen atoms in total. The molecule has 1 amide bonds. The van der Waals surface area contributed by atoms with Gasteiger partial charge in [-0.05, 0) is 49.1 Å². The molecule has 0 radical (unpaired) electrons. The Morgan fingerprint density at radius 1 is 1.03 bits per heavy atom. The number of anilines is 1. The fourth-order valence-electron chi connectivity index (χ4n) is 3.70. The second-order valence-electron chi connectivity index (χ2n) is 7.46. The zero-order valence-corrected chi connectivity index (χ0v) is 17.4. The summed E-state index contributed by atoms with van der Waals surface area (Å²) in [4.78, 5) is 16.8. The molecule has 29 heavy (non-hydrogen) atoms. The summed E-state index contributed by atoms with van der Waals surface area (Å²) in [5, 5.41) is 6.46. The van der Waals surface area contributed by atoms with Crippen LogP contribution in [0.15, 0.2) is 36.5 Å². The molecule has 1 aliphatic rings. The highest BCUT2D eigenvalue weighted by molar-refractivity contribution is 5.94. The van der Waals surface area contributed by atoms with Crippen LogP contribution >= 0.6 is 0 Å². The Morgan fingerprint density at radius 3 is 2.45 bits per heavy atom. The molecule has 1 fully saturated rings. The van der Waals surface area contributed by atoms with Gasteiger partial charge in [-0.2, -0.15) is 0 Å². The molecule has 1 aromatic heterocycles. The normalized spacial score (nSPS) is 14.7. The zero-order chi connectivity index (χ0) is 20.5. The minimum Gasteiger partial charge on any atom is -0.493 e. The van der Waals surface area contributed by atoms with Gasteiger partial charge in [0.1, 0.15) is 5.82 Å². The molecular weight excluding hydrogens is 366 g/mol. The summed E-state index contributed by atoms with van der Waals surface area (Å²) in [5.74, 6) is 2.12. The fraction of sp³-hybridized carbons (Fsp3) is 0.478. The van der Waals surface area contributed by atoms with Crippen molar-refractivity contribution in [2.24, 2.45) is 0 Å². The summed E-state index contributed by atoms with van der Waals surface area (Å²) in [6, 6.07) is 10.0. The maximum atomic E-state index is 12.4. The Morgan fingerprint density at radius 2 is 1.79 bits per heavy atom. The lowest BCUT2D eigenvalue weighted by Crippen LogP contribution is -2.26. The molecule has 1 aliphatic carbocycles. The predicted molar refractivity (Wildman–Crippen MR) is 115 cm³/mol. The Labute approximate surface area is 173 Å². The van der Waals surface area contributed by atoms with E-state index >= 15 is 0 Å². The SMILES string of the molecule is COc1ccc(CCNC(=O)c2ccc(NC3CCCCCC3)nc2)cc1OC. The number of amides is 1. The highest BCUT2D eigenvalue weighted by Crippen LogP contribution is 2.27. The summed E-state index contributed by atoms with van der Waals surface area (Å²) >= 11 is 0. The van der Waals surface area contributed by atoms with Gasteiger partial charge in [-0.1, -0.05) is 31.7 Å². The summed E-state index contributed by atoms with van der Waals surface area (Å²) in [6.45, 7) is 0.538. The summed E-state index contributed by atoms with van der Waals surface area (Å²) in [5.41, 5.74) is 1.65. The van der Waals surface area contributed by atoms with Gasteiger partial charge in [0.25, 0.3) is 5.91 Å². The van der Waals surface area contributed by atoms with Crippen molar-refractivity contribution in [2.45, 2.75) is 51.0 Å². The molecule has 3 rings (SSSR count). The molecule has 0 atom stereocenters. The van der Waals surface area contributed by atoms with Crippen LogP contribution in [0.3, 0.4) is 0 Å². The van der Waals surface area contributed by atoms with E-state index in [1.54, 1.807) is 20.4 Å². The van der Waals surface area contributed by atoms with Crippen LogP contribution in [-0.4, -0.2) is 37.7 Å². The number of carbonyl (C=O) groups excluding carboxylic acids is 1. The van der Waals surface area contributed by atoms with E-state index in [9.17, 15) is 4.79 Å². The predicted octanol–water partition coefficient (Wildman–Crippen LogP) is 4.21. The first-order valence-corrected chi connectivity index (χ1v) is 10.4. The lowest BCUT2D eigenvalue weighted by atomic mass is 10.1. The lowest BCUT2D eigenvalue weighted by Gasteiger charge is -2.16. The molecule has 1 saturated carbocycles. The minimum atomic E-state index is -0.112. The first kappa shape index (κ1) is 21.0. The molecule has 0 bridgehead atoms. The Hall–Kier alpha value is -2.76. The van der Waals surface area contributed by atoms with Gasteiger partial charge in [0, 0.05) is 18.8 Å². The summed E-state index contributed by atoms with van der Waals surface area (Å²) in [7, 11) is 3.23. The quantitative estimate of drug-likeness (QED) is 0.653. The molecule has 2 N–H and O–H groups in total. The maximum Gasteiger partial charge on any atom is 0.252 e. The molecule has 1 heterocycles. The number of hydrogen-bond donors (Lipinski definition) is 2. The summed E-state index contributed by atoms with van der Waals surface area (Å²) < 4.78 is 10.6. The van der Waals surface area contributed by atoms with Crippen LogP contribution in [0, 0.1) is 0 Å². The largest absolute Gasteiger partial charge is 0.493 e. The molecule has 0 spiro atoms. The molecule has 6 heteroatoms. The van der Waals surface area contributed by atoms with Gasteiger partial charge in [-0.3, -0.25) is 4.79 Å². The van der Waals surface area contributed by atoms with Crippen LogP contribution in [0.2, 0.25) is 0 Å². The van der Waals surface area contributed by atoms with Crippen molar-refractivity contribution in [1.82, 2.24) is 10.3 Å². The number of nitrogens with one attached hydrogen (secondary N) is 2. The van der Waals surface area contributed by atoms with Gasteiger partial charge < -0.3 is 20.1 Å². The lowest BCUT2D eigenvalue weighted by molar-refractivity contribution is 0.0954. The molecule has 2 aromatic rings. The third kappa shape index (κ3) is 6.11. The zero-order valence-electron chi connectivity index (χ0n) is 17.4. The topological polar surface area (TPSA) is 72.5 Å². The molecule has 156 valence electrons. The van der Waals surface area contributed by atoms with Gasteiger partial charge in [0.05, 0.1) is 19.8 Å². The number of aromatic nitrogens is 1. The number of rotatable bonds is 8. The highest BCUT2D eigenvalue weighted by Gasteiger charge is 2.13. The highest BCUT2D eigenvalue weighted by atomic mass is 16.5. The Balaban J connectivity index is 1.48. The van der Waals surface area contributed by atoms with Crippen LogP contribution in [-0.2, 0) is 6.42 Å². The van der Waals surface area contributed by atoms with Crippen molar-refractivity contribution in [1.29, 1.82) is 0 Å². The van der Waals surface area contributed by atoms with Crippen molar-refractivity contribution in [3.8, 4) is 11.5 Å². The molecular formula is C23H31N3O3. The average molecular weight is 398 g/mol. The van der Waals surface area contributed by atoms with E-state index in [1.165, 1.54) is 38.5 Å². The van der Waals surface area contributed by atoms with Crippen LogP contribution in [0.1, 0.15) is 54.4 Å². The van der Waals surface area contributed by atoms with E-state index in [4.69, 9.17) is 9.47 Å².